The highest BCUT2D eigenvalue weighted by molar-refractivity contribution is 5.71. The lowest BCUT2D eigenvalue weighted by atomic mass is 9.86. The summed E-state index contributed by atoms with van der Waals surface area (Å²) in [5.74, 6) is 0.523. The van der Waals surface area contributed by atoms with E-state index in [1.54, 1.807) is 12.5 Å². The lowest BCUT2D eigenvalue weighted by molar-refractivity contribution is 0.105. The van der Waals surface area contributed by atoms with Crippen LogP contribution in [0.15, 0.2) is 23.0 Å². The number of carbonyl (C=O) groups is 1. The van der Waals surface area contributed by atoms with Crippen molar-refractivity contribution >= 4 is 6.09 Å². The first kappa shape index (κ1) is 9.75. The molecular weight excluding hydrogens is 206 g/mol. The number of rotatable bonds is 1. The van der Waals surface area contributed by atoms with E-state index in [2.05, 4.69) is 6.92 Å². The van der Waals surface area contributed by atoms with Crippen molar-refractivity contribution in [3.63, 3.8) is 0 Å². The lowest BCUT2D eigenvalue weighted by Gasteiger charge is -2.38. The normalized spacial score (nSPS) is 33.7. The van der Waals surface area contributed by atoms with Crippen LogP contribution in [0, 0.1) is 5.92 Å². The molecule has 4 heteroatoms. The van der Waals surface area contributed by atoms with Gasteiger partial charge in [-0.15, -0.1) is 0 Å². The van der Waals surface area contributed by atoms with Crippen molar-refractivity contribution in [3.05, 3.63) is 24.2 Å². The molecule has 0 aromatic carbocycles. The highest BCUT2D eigenvalue weighted by Crippen LogP contribution is 2.40. The van der Waals surface area contributed by atoms with E-state index in [9.17, 15) is 4.79 Å². The van der Waals surface area contributed by atoms with Gasteiger partial charge in [-0.3, -0.25) is 4.90 Å². The summed E-state index contributed by atoms with van der Waals surface area (Å²) in [5, 5.41) is 0. The Morgan fingerprint density at radius 1 is 1.44 bits per heavy atom. The van der Waals surface area contributed by atoms with E-state index in [0.717, 1.165) is 18.4 Å². The molecule has 1 aromatic rings. The SMILES string of the molecule is C[C@@H]1CC[C@@H](c2ccoc2)N2C(=O)OC[C@@H]12. The number of furan rings is 1. The second-order valence-corrected chi connectivity index (χ2v) is 4.68. The van der Waals surface area contributed by atoms with Crippen molar-refractivity contribution in [2.75, 3.05) is 6.61 Å². The predicted molar refractivity (Wildman–Crippen MR) is 56.8 cm³/mol. The highest BCUT2D eigenvalue weighted by atomic mass is 16.6. The molecule has 3 rings (SSSR count). The van der Waals surface area contributed by atoms with E-state index in [4.69, 9.17) is 9.15 Å². The molecule has 3 atom stereocenters. The van der Waals surface area contributed by atoms with E-state index in [1.165, 1.54) is 0 Å². The Balaban J connectivity index is 1.92. The second kappa shape index (κ2) is 3.54. The van der Waals surface area contributed by atoms with Gasteiger partial charge in [-0.05, 0) is 24.8 Å². The van der Waals surface area contributed by atoms with Gasteiger partial charge in [0.05, 0.1) is 24.6 Å². The number of piperidine rings is 1. The van der Waals surface area contributed by atoms with Gasteiger partial charge in [0.1, 0.15) is 6.61 Å². The Labute approximate surface area is 94.2 Å². The third kappa shape index (κ3) is 1.32. The van der Waals surface area contributed by atoms with Gasteiger partial charge in [0.2, 0.25) is 0 Å². The number of hydrogen-bond acceptors (Lipinski definition) is 3. The highest BCUT2D eigenvalue weighted by Gasteiger charge is 2.44. The standard InChI is InChI=1S/C12H15NO3/c1-8-2-3-10(9-4-5-15-6-9)13-11(8)7-16-12(13)14/h4-6,8,10-11H,2-3,7H2,1H3/t8-,10+,11+/m1/s1. The molecule has 1 amide bonds. The zero-order chi connectivity index (χ0) is 11.1. The minimum Gasteiger partial charge on any atom is -0.472 e. The molecule has 0 unspecified atom stereocenters. The van der Waals surface area contributed by atoms with Crippen molar-refractivity contribution in [1.82, 2.24) is 4.90 Å². The molecular formula is C12H15NO3. The van der Waals surface area contributed by atoms with Crippen LogP contribution in [0.4, 0.5) is 4.79 Å². The number of hydrogen-bond donors (Lipinski definition) is 0. The largest absolute Gasteiger partial charge is 0.472 e. The van der Waals surface area contributed by atoms with Gasteiger partial charge < -0.3 is 9.15 Å². The molecule has 2 fully saturated rings. The number of amides is 1. The number of fused-ring (bicyclic) bond motifs is 1. The van der Waals surface area contributed by atoms with Gasteiger partial charge in [0.25, 0.3) is 0 Å². The fraction of sp³-hybridized carbons (Fsp3) is 0.583. The number of carbonyl (C=O) groups excluding carboxylic acids is 1. The fourth-order valence-electron chi connectivity index (χ4n) is 2.79. The molecule has 0 N–H and O–H groups in total. The first-order valence-corrected chi connectivity index (χ1v) is 5.74. The smallest absolute Gasteiger partial charge is 0.410 e. The van der Waals surface area contributed by atoms with Crippen molar-refractivity contribution in [2.24, 2.45) is 5.92 Å². The molecule has 0 saturated carbocycles. The van der Waals surface area contributed by atoms with E-state index < -0.39 is 0 Å². The Morgan fingerprint density at radius 2 is 2.31 bits per heavy atom. The van der Waals surface area contributed by atoms with Crippen LogP contribution in [0.5, 0.6) is 0 Å². The van der Waals surface area contributed by atoms with Crippen LogP contribution in [0.3, 0.4) is 0 Å². The quantitative estimate of drug-likeness (QED) is 0.732. The van der Waals surface area contributed by atoms with Crippen LogP contribution in [0.25, 0.3) is 0 Å². The van der Waals surface area contributed by atoms with E-state index in [1.807, 2.05) is 11.0 Å². The Bertz CT molecular complexity index is 387. The predicted octanol–water partition coefficient (Wildman–Crippen LogP) is 2.57. The molecule has 0 aliphatic carbocycles. The molecule has 1 aromatic heterocycles. The third-order valence-electron chi connectivity index (χ3n) is 3.76. The van der Waals surface area contributed by atoms with Gasteiger partial charge in [-0.1, -0.05) is 6.92 Å². The summed E-state index contributed by atoms with van der Waals surface area (Å²) in [6.07, 6.45) is 5.33. The van der Waals surface area contributed by atoms with Crippen LogP contribution in [-0.2, 0) is 4.74 Å². The summed E-state index contributed by atoms with van der Waals surface area (Å²) in [6, 6.07) is 2.31. The van der Waals surface area contributed by atoms with Crippen LogP contribution >= 0.6 is 0 Å². The van der Waals surface area contributed by atoms with Gasteiger partial charge >= 0.3 is 6.09 Å². The van der Waals surface area contributed by atoms with Crippen LogP contribution in [-0.4, -0.2) is 23.6 Å². The first-order chi connectivity index (χ1) is 7.77. The Morgan fingerprint density at radius 3 is 3.06 bits per heavy atom. The maximum absolute atomic E-state index is 11.7. The number of ether oxygens (including phenoxy) is 1. The average Bonchev–Trinajstić information content (AvgIpc) is 2.90. The lowest BCUT2D eigenvalue weighted by Crippen LogP contribution is -2.44. The van der Waals surface area contributed by atoms with Crippen molar-refractivity contribution in [3.8, 4) is 0 Å². The zero-order valence-corrected chi connectivity index (χ0v) is 9.26. The van der Waals surface area contributed by atoms with Crippen LogP contribution in [0.2, 0.25) is 0 Å². The van der Waals surface area contributed by atoms with Gasteiger partial charge in [0, 0.05) is 5.56 Å². The number of nitrogens with zero attached hydrogens (tertiary/aromatic N) is 1. The summed E-state index contributed by atoms with van der Waals surface area (Å²) in [6.45, 7) is 2.72. The third-order valence-corrected chi connectivity index (χ3v) is 3.76. The minimum atomic E-state index is -0.178. The summed E-state index contributed by atoms with van der Waals surface area (Å²) in [7, 11) is 0. The van der Waals surface area contributed by atoms with E-state index >= 15 is 0 Å². The molecule has 0 spiro atoms. The van der Waals surface area contributed by atoms with Crippen molar-refractivity contribution in [1.29, 1.82) is 0 Å². The van der Waals surface area contributed by atoms with Gasteiger partial charge in [0.15, 0.2) is 0 Å². The fourth-order valence-corrected chi connectivity index (χ4v) is 2.79. The monoisotopic (exact) mass is 221 g/mol. The summed E-state index contributed by atoms with van der Waals surface area (Å²) >= 11 is 0. The zero-order valence-electron chi connectivity index (χ0n) is 9.26. The molecule has 16 heavy (non-hydrogen) atoms. The Hall–Kier alpha value is -1.45. The van der Waals surface area contributed by atoms with E-state index in [-0.39, 0.29) is 18.2 Å². The van der Waals surface area contributed by atoms with Crippen molar-refractivity contribution < 1.29 is 13.9 Å². The second-order valence-electron chi connectivity index (χ2n) is 4.68. The molecule has 2 aliphatic heterocycles. The summed E-state index contributed by atoms with van der Waals surface area (Å²) in [4.78, 5) is 13.6. The maximum atomic E-state index is 11.7. The topological polar surface area (TPSA) is 42.7 Å². The molecule has 2 aliphatic rings. The average molecular weight is 221 g/mol. The molecule has 0 radical (unpaired) electrons. The molecule has 4 nitrogen and oxygen atoms in total. The van der Waals surface area contributed by atoms with Crippen molar-refractivity contribution in [2.45, 2.75) is 31.8 Å². The van der Waals surface area contributed by atoms with Gasteiger partial charge in [-0.2, -0.15) is 0 Å². The summed E-state index contributed by atoms with van der Waals surface area (Å²) in [5.41, 5.74) is 1.08. The Kier molecular flexibility index (Phi) is 2.16. The first-order valence-electron chi connectivity index (χ1n) is 5.74. The molecule has 86 valence electrons. The van der Waals surface area contributed by atoms with E-state index in [0.29, 0.717) is 12.5 Å². The molecule has 0 bridgehead atoms. The number of cyclic esters (lactones) is 1. The van der Waals surface area contributed by atoms with Crippen LogP contribution < -0.4 is 0 Å². The minimum absolute atomic E-state index is 0.134. The maximum Gasteiger partial charge on any atom is 0.410 e. The van der Waals surface area contributed by atoms with Gasteiger partial charge in [-0.25, -0.2) is 4.79 Å². The summed E-state index contributed by atoms with van der Waals surface area (Å²) < 4.78 is 10.3. The molecule has 2 saturated heterocycles. The molecule has 3 heterocycles. The van der Waals surface area contributed by atoms with Crippen LogP contribution in [0.1, 0.15) is 31.4 Å².